The molecule has 0 radical (unpaired) electrons. The third-order valence-corrected chi connectivity index (χ3v) is 2.59. The van der Waals surface area contributed by atoms with Crippen molar-refractivity contribution in [2.75, 3.05) is 0 Å². The molecule has 1 saturated carbocycles. The quantitative estimate of drug-likeness (QED) is 0.606. The summed E-state index contributed by atoms with van der Waals surface area (Å²) in [6.45, 7) is 0. The Morgan fingerprint density at radius 2 is 2.47 bits per heavy atom. The van der Waals surface area contributed by atoms with Crippen LogP contribution in [0.25, 0.3) is 0 Å². The van der Waals surface area contributed by atoms with E-state index in [9.17, 15) is 4.79 Å². The van der Waals surface area contributed by atoms with E-state index in [1.165, 1.54) is 6.20 Å². The lowest BCUT2D eigenvalue weighted by atomic mass is 10.2. The Kier molecular flexibility index (Phi) is 2.63. The minimum atomic E-state index is -0.298. The van der Waals surface area contributed by atoms with Crippen molar-refractivity contribution in [3.05, 3.63) is 11.9 Å². The van der Waals surface area contributed by atoms with Crippen LogP contribution in [-0.4, -0.2) is 32.3 Å². The number of rotatable bonds is 4. The van der Waals surface area contributed by atoms with Crippen LogP contribution in [0, 0.1) is 5.92 Å². The zero-order chi connectivity index (χ0) is 10.8. The molecule has 0 spiro atoms. The second kappa shape index (κ2) is 3.93. The molecule has 0 aliphatic heterocycles. The predicted molar refractivity (Wildman–Crippen MR) is 57.1 cm³/mol. The zero-order valence-corrected chi connectivity index (χ0v) is 8.75. The summed E-state index contributed by atoms with van der Waals surface area (Å²) < 4.78 is 0. The summed E-state index contributed by atoms with van der Waals surface area (Å²) in [6.07, 6.45) is 3.47. The molecule has 1 heterocycles. The molecular formula is C8H11N5OS. The van der Waals surface area contributed by atoms with Gasteiger partial charge < -0.3 is 11.1 Å². The first-order chi connectivity index (χ1) is 7.18. The number of aromatic amines is 1. The monoisotopic (exact) mass is 225 g/mol. The highest BCUT2D eigenvalue weighted by molar-refractivity contribution is 7.80. The van der Waals surface area contributed by atoms with Gasteiger partial charge in [-0.3, -0.25) is 4.79 Å². The van der Waals surface area contributed by atoms with E-state index in [1.54, 1.807) is 0 Å². The molecule has 1 aromatic rings. The van der Waals surface area contributed by atoms with Crippen molar-refractivity contribution in [2.45, 2.75) is 18.9 Å². The summed E-state index contributed by atoms with van der Waals surface area (Å²) in [6, 6.07) is -0.218. The SMILES string of the molecule is NC(=S)C(NC(=O)c1cn[nH]n1)C1CC1. The van der Waals surface area contributed by atoms with Gasteiger partial charge in [-0.1, -0.05) is 12.2 Å². The van der Waals surface area contributed by atoms with Gasteiger partial charge in [0.15, 0.2) is 5.69 Å². The maximum absolute atomic E-state index is 11.6. The highest BCUT2D eigenvalue weighted by Gasteiger charge is 2.34. The average Bonchev–Trinajstić information content (AvgIpc) is 2.87. The smallest absolute Gasteiger partial charge is 0.274 e. The van der Waals surface area contributed by atoms with E-state index in [0.717, 1.165) is 12.8 Å². The molecule has 1 aliphatic rings. The Morgan fingerprint density at radius 1 is 1.73 bits per heavy atom. The van der Waals surface area contributed by atoms with E-state index < -0.39 is 0 Å². The Morgan fingerprint density at radius 3 is 2.93 bits per heavy atom. The molecule has 1 fully saturated rings. The number of carbonyl (C=O) groups is 1. The van der Waals surface area contributed by atoms with E-state index in [1.807, 2.05) is 0 Å². The van der Waals surface area contributed by atoms with Gasteiger partial charge in [0, 0.05) is 0 Å². The number of nitrogens with two attached hydrogens (primary N) is 1. The average molecular weight is 225 g/mol. The first-order valence-electron chi connectivity index (χ1n) is 4.64. The topological polar surface area (TPSA) is 96.7 Å². The Hall–Kier alpha value is -1.50. The van der Waals surface area contributed by atoms with Crippen LogP contribution in [0.15, 0.2) is 6.20 Å². The number of hydrogen-bond donors (Lipinski definition) is 3. The largest absolute Gasteiger partial charge is 0.392 e. The number of thiocarbonyl (C=S) groups is 1. The fourth-order valence-electron chi connectivity index (χ4n) is 1.38. The van der Waals surface area contributed by atoms with Gasteiger partial charge >= 0.3 is 0 Å². The van der Waals surface area contributed by atoms with Gasteiger partial charge in [-0.2, -0.15) is 15.4 Å². The van der Waals surface area contributed by atoms with Crippen molar-refractivity contribution < 1.29 is 4.79 Å². The molecule has 1 aromatic heterocycles. The van der Waals surface area contributed by atoms with Gasteiger partial charge in [-0.25, -0.2) is 0 Å². The van der Waals surface area contributed by atoms with Crippen LogP contribution < -0.4 is 11.1 Å². The van der Waals surface area contributed by atoms with Crippen molar-refractivity contribution in [1.82, 2.24) is 20.7 Å². The Labute approximate surface area is 91.6 Å². The molecule has 15 heavy (non-hydrogen) atoms. The van der Waals surface area contributed by atoms with Crippen LogP contribution in [0.1, 0.15) is 23.3 Å². The summed E-state index contributed by atoms with van der Waals surface area (Å²) >= 11 is 4.90. The number of carbonyl (C=O) groups excluding carboxylic acids is 1. The first-order valence-corrected chi connectivity index (χ1v) is 5.05. The first kappa shape index (κ1) is 10.0. The molecular weight excluding hydrogens is 214 g/mol. The summed E-state index contributed by atoms with van der Waals surface area (Å²) in [5, 5.41) is 12.4. The molecule has 1 aliphatic carbocycles. The number of hydrogen-bond acceptors (Lipinski definition) is 4. The van der Waals surface area contributed by atoms with Gasteiger partial charge in [-0.15, -0.1) is 0 Å². The molecule has 1 amide bonds. The van der Waals surface area contributed by atoms with Gasteiger partial charge in [-0.05, 0) is 18.8 Å². The molecule has 80 valence electrons. The molecule has 7 heteroatoms. The van der Waals surface area contributed by atoms with E-state index >= 15 is 0 Å². The standard InChI is InChI=1S/C8H11N5OS/c9-7(15)6(4-1-2-4)11-8(14)5-3-10-13-12-5/h3-4,6H,1-2H2,(H2,9,15)(H,11,14)(H,10,12,13). The maximum Gasteiger partial charge on any atom is 0.274 e. The summed E-state index contributed by atoms with van der Waals surface area (Å²) in [7, 11) is 0. The second-order valence-corrected chi connectivity index (χ2v) is 4.02. The summed E-state index contributed by atoms with van der Waals surface area (Å²) in [5.41, 5.74) is 5.80. The fraction of sp³-hybridized carbons (Fsp3) is 0.500. The second-order valence-electron chi connectivity index (χ2n) is 3.55. The van der Waals surface area contributed by atoms with Crippen LogP contribution in [0.3, 0.4) is 0 Å². The molecule has 0 saturated heterocycles. The molecule has 0 aromatic carbocycles. The van der Waals surface area contributed by atoms with Crippen molar-refractivity contribution in [3.8, 4) is 0 Å². The molecule has 4 N–H and O–H groups in total. The van der Waals surface area contributed by atoms with E-state index in [0.29, 0.717) is 10.9 Å². The minimum absolute atomic E-state index is 0.218. The summed E-state index contributed by atoms with van der Waals surface area (Å²) in [4.78, 5) is 11.9. The van der Waals surface area contributed by atoms with Crippen LogP contribution >= 0.6 is 12.2 Å². The molecule has 0 bridgehead atoms. The van der Waals surface area contributed by atoms with Gasteiger partial charge in [0.2, 0.25) is 0 Å². The fourth-order valence-corrected chi connectivity index (χ4v) is 1.63. The molecule has 2 rings (SSSR count). The van der Waals surface area contributed by atoms with E-state index in [4.69, 9.17) is 18.0 Å². The van der Waals surface area contributed by atoms with Crippen LogP contribution in [0.2, 0.25) is 0 Å². The maximum atomic E-state index is 11.6. The minimum Gasteiger partial charge on any atom is -0.392 e. The number of amides is 1. The zero-order valence-electron chi connectivity index (χ0n) is 7.93. The van der Waals surface area contributed by atoms with Crippen molar-refractivity contribution in [3.63, 3.8) is 0 Å². The lowest BCUT2D eigenvalue weighted by Gasteiger charge is -2.15. The number of nitrogens with one attached hydrogen (secondary N) is 2. The molecule has 1 unspecified atom stereocenters. The van der Waals surface area contributed by atoms with Crippen LogP contribution in [0.5, 0.6) is 0 Å². The van der Waals surface area contributed by atoms with Crippen LogP contribution in [-0.2, 0) is 0 Å². The Bertz CT molecular complexity index is 372. The van der Waals surface area contributed by atoms with E-state index in [-0.39, 0.29) is 17.6 Å². The third-order valence-electron chi connectivity index (χ3n) is 2.33. The normalized spacial score (nSPS) is 17.1. The number of H-pyrrole nitrogens is 1. The van der Waals surface area contributed by atoms with Gasteiger partial charge in [0.05, 0.1) is 17.2 Å². The highest BCUT2D eigenvalue weighted by atomic mass is 32.1. The Balaban J connectivity index is 2.00. The lowest BCUT2D eigenvalue weighted by molar-refractivity contribution is 0.0938. The predicted octanol–water partition coefficient (Wildman–Crippen LogP) is -0.401. The van der Waals surface area contributed by atoms with Gasteiger partial charge in [0.1, 0.15) is 0 Å². The van der Waals surface area contributed by atoms with Crippen molar-refractivity contribution in [2.24, 2.45) is 11.7 Å². The molecule has 1 atom stereocenters. The number of aromatic nitrogens is 3. The lowest BCUT2D eigenvalue weighted by Crippen LogP contribution is -2.45. The third kappa shape index (κ3) is 2.30. The van der Waals surface area contributed by atoms with Crippen molar-refractivity contribution >= 4 is 23.1 Å². The number of nitrogens with zero attached hydrogens (tertiary/aromatic N) is 2. The van der Waals surface area contributed by atoms with Crippen molar-refractivity contribution in [1.29, 1.82) is 0 Å². The van der Waals surface area contributed by atoms with Gasteiger partial charge in [0.25, 0.3) is 5.91 Å². The summed E-state index contributed by atoms with van der Waals surface area (Å²) in [5.74, 6) is 0.0896. The van der Waals surface area contributed by atoms with Crippen LogP contribution in [0.4, 0.5) is 0 Å². The highest BCUT2D eigenvalue weighted by Crippen LogP contribution is 2.32. The van der Waals surface area contributed by atoms with E-state index in [2.05, 4.69) is 20.7 Å². The molecule has 6 nitrogen and oxygen atoms in total.